The molecule has 1 aromatic carbocycles. The minimum absolute atomic E-state index is 0.0524. The van der Waals surface area contributed by atoms with Gasteiger partial charge in [-0.15, -0.1) is 0 Å². The Morgan fingerprint density at radius 1 is 0.974 bits per heavy atom. The Bertz CT molecular complexity index is 1060. The lowest BCUT2D eigenvalue weighted by molar-refractivity contribution is -0.129. The third-order valence-corrected chi connectivity index (χ3v) is 7.69. The first kappa shape index (κ1) is 31.6. The molecule has 1 aromatic rings. The summed E-state index contributed by atoms with van der Waals surface area (Å²) in [7, 11) is 0. The van der Waals surface area contributed by atoms with Gasteiger partial charge in [0.2, 0.25) is 11.8 Å². The highest BCUT2D eigenvalue weighted by atomic mass is 16.3. The van der Waals surface area contributed by atoms with Crippen LogP contribution in [0.4, 0.5) is 0 Å². The topological polar surface area (TPSA) is 98.7 Å². The molecule has 212 valence electrons. The molecule has 3 atom stereocenters. The van der Waals surface area contributed by atoms with Gasteiger partial charge >= 0.3 is 0 Å². The Labute approximate surface area is 230 Å². The molecule has 1 aliphatic carbocycles. The Morgan fingerprint density at radius 2 is 1.50 bits per heavy atom. The van der Waals surface area contributed by atoms with E-state index >= 15 is 0 Å². The van der Waals surface area contributed by atoms with Gasteiger partial charge in [0, 0.05) is 6.42 Å². The fourth-order valence-corrected chi connectivity index (χ4v) is 4.91. The highest BCUT2D eigenvalue weighted by Crippen LogP contribution is 2.43. The number of aromatic hydroxyl groups is 1. The van der Waals surface area contributed by atoms with Crippen molar-refractivity contribution in [2.75, 3.05) is 0 Å². The SMILES string of the molecule is CCC1=CC(CCC(=O)NNC(=O)C(C)c2cc(C(C)(C)C)c(O)c(C(C)(C)C)c2)C=CC1(O)C(C)(C)C. The van der Waals surface area contributed by atoms with Gasteiger partial charge in [-0.05, 0) is 64.2 Å². The van der Waals surface area contributed by atoms with E-state index in [0.717, 1.165) is 28.7 Å². The zero-order valence-corrected chi connectivity index (χ0v) is 25.4. The molecule has 0 heterocycles. The van der Waals surface area contributed by atoms with Crippen molar-refractivity contribution in [3.63, 3.8) is 0 Å². The number of carbonyl (C=O) groups excluding carboxylic acids is 2. The predicted octanol–water partition coefficient (Wildman–Crippen LogP) is 6.32. The standard InChI is InChI=1S/C32H50N2O4/c1-12-23-17-21(15-16-32(23,38)31(9,10)11)13-14-26(35)33-34-28(37)20(2)22-18-24(29(3,4)5)27(36)25(19-22)30(6,7)8/h15-21,36,38H,12-14H2,1-11H3,(H,33,35)(H,34,37). The minimum atomic E-state index is -0.988. The summed E-state index contributed by atoms with van der Waals surface area (Å²) in [5, 5.41) is 22.2. The maximum absolute atomic E-state index is 13.0. The van der Waals surface area contributed by atoms with E-state index in [1.54, 1.807) is 6.92 Å². The molecule has 0 aromatic heterocycles. The second-order valence-corrected chi connectivity index (χ2v) is 13.8. The lowest BCUT2D eigenvalue weighted by Gasteiger charge is -2.42. The maximum Gasteiger partial charge on any atom is 0.245 e. The fourth-order valence-electron chi connectivity index (χ4n) is 4.91. The van der Waals surface area contributed by atoms with E-state index < -0.39 is 11.5 Å². The smallest absolute Gasteiger partial charge is 0.245 e. The van der Waals surface area contributed by atoms with Gasteiger partial charge in [0.1, 0.15) is 11.4 Å². The molecule has 2 rings (SSSR count). The summed E-state index contributed by atoms with van der Waals surface area (Å²) in [5.41, 5.74) is 6.57. The van der Waals surface area contributed by atoms with Crippen LogP contribution < -0.4 is 10.9 Å². The number of phenols is 1. The van der Waals surface area contributed by atoms with E-state index in [2.05, 4.69) is 16.9 Å². The van der Waals surface area contributed by atoms with Crippen molar-refractivity contribution in [2.24, 2.45) is 11.3 Å². The van der Waals surface area contributed by atoms with Crippen LogP contribution in [-0.4, -0.2) is 27.6 Å². The molecule has 0 fully saturated rings. The van der Waals surface area contributed by atoms with Crippen LogP contribution in [0.1, 0.15) is 118 Å². The van der Waals surface area contributed by atoms with Crippen LogP contribution in [-0.2, 0) is 20.4 Å². The highest BCUT2D eigenvalue weighted by molar-refractivity contribution is 5.86. The molecular formula is C32H50N2O4. The summed E-state index contributed by atoms with van der Waals surface area (Å²) in [6.07, 6.45) is 7.48. The van der Waals surface area contributed by atoms with Crippen molar-refractivity contribution in [1.82, 2.24) is 10.9 Å². The molecule has 0 spiro atoms. The van der Waals surface area contributed by atoms with Crippen LogP contribution in [0.3, 0.4) is 0 Å². The Hall–Kier alpha value is -2.60. The van der Waals surface area contributed by atoms with Crippen LogP contribution in [0.25, 0.3) is 0 Å². The Morgan fingerprint density at radius 3 is 1.95 bits per heavy atom. The van der Waals surface area contributed by atoms with E-state index in [9.17, 15) is 19.8 Å². The van der Waals surface area contributed by atoms with E-state index in [1.165, 1.54) is 0 Å². The Balaban J connectivity index is 2.06. The molecule has 38 heavy (non-hydrogen) atoms. The summed E-state index contributed by atoms with van der Waals surface area (Å²) in [6.45, 7) is 22.1. The number of benzene rings is 1. The number of rotatable bonds is 6. The lowest BCUT2D eigenvalue weighted by Crippen LogP contribution is -2.44. The van der Waals surface area contributed by atoms with Crippen LogP contribution in [0.15, 0.2) is 35.9 Å². The van der Waals surface area contributed by atoms with Crippen molar-refractivity contribution >= 4 is 11.8 Å². The van der Waals surface area contributed by atoms with Crippen LogP contribution in [0.5, 0.6) is 5.75 Å². The highest BCUT2D eigenvalue weighted by Gasteiger charge is 2.42. The van der Waals surface area contributed by atoms with Gasteiger partial charge in [0.25, 0.3) is 0 Å². The van der Waals surface area contributed by atoms with Crippen molar-refractivity contribution in [3.8, 4) is 5.75 Å². The summed E-state index contributed by atoms with van der Waals surface area (Å²) in [5.74, 6) is -0.781. The van der Waals surface area contributed by atoms with E-state index in [4.69, 9.17) is 0 Å². The number of hydrazine groups is 1. The lowest BCUT2D eigenvalue weighted by atomic mass is 9.68. The fraction of sp³-hybridized carbons (Fsp3) is 0.625. The first-order chi connectivity index (χ1) is 17.2. The van der Waals surface area contributed by atoms with E-state index in [0.29, 0.717) is 6.42 Å². The zero-order chi connectivity index (χ0) is 29.3. The number of hydrogen-bond donors (Lipinski definition) is 4. The quantitative estimate of drug-likeness (QED) is 0.258. The number of aliphatic hydroxyl groups is 1. The molecule has 2 amide bonds. The predicted molar refractivity (Wildman–Crippen MR) is 155 cm³/mol. The van der Waals surface area contributed by atoms with Gasteiger partial charge in [-0.3, -0.25) is 20.4 Å². The number of allylic oxidation sites excluding steroid dienone is 2. The summed E-state index contributed by atoms with van der Waals surface area (Å²) in [6, 6.07) is 3.78. The molecular weight excluding hydrogens is 476 g/mol. The normalized spacial score (nSPS) is 21.1. The van der Waals surface area contributed by atoms with Gasteiger partial charge < -0.3 is 10.2 Å². The molecule has 3 unspecified atom stereocenters. The summed E-state index contributed by atoms with van der Waals surface area (Å²) in [4.78, 5) is 25.5. The summed E-state index contributed by atoms with van der Waals surface area (Å²) < 4.78 is 0. The van der Waals surface area contributed by atoms with E-state index in [1.807, 2.05) is 93.5 Å². The van der Waals surface area contributed by atoms with Gasteiger partial charge in [0.05, 0.1) is 5.92 Å². The van der Waals surface area contributed by atoms with Crippen LogP contribution in [0, 0.1) is 11.3 Å². The van der Waals surface area contributed by atoms with Gasteiger partial charge in [-0.2, -0.15) is 0 Å². The number of hydrogen-bond acceptors (Lipinski definition) is 4. The molecule has 6 heteroatoms. The van der Waals surface area contributed by atoms with Crippen molar-refractivity contribution in [2.45, 2.75) is 118 Å². The molecule has 1 aliphatic rings. The second kappa shape index (κ2) is 11.3. The van der Waals surface area contributed by atoms with Crippen LogP contribution in [0.2, 0.25) is 0 Å². The number of nitrogens with one attached hydrogen (secondary N) is 2. The van der Waals surface area contributed by atoms with Gasteiger partial charge in [-0.25, -0.2) is 0 Å². The molecule has 0 aliphatic heterocycles. The van der Waals surface area contributed by atoms with E-state index in [-0.39, 0.29) is 46.1 Å². The van der Waals surface area contributed by atoms with Crippen molar-refractivity contribution < 1.29 is 19.8 Å². The number of carbonyl (C=O) groups is 2. The molecule has 0 bridgehead atoms. The molecule has 6 nitrogen and oxygen atoms in total. The summed E-state index contributed by atoms with van der Waals surface area (Å²) >= 11 is 0. The minimum Gasteiger partial charge on any atom is -0.507 e. The first-order valence-corrected chi connectivity index (χ1v) is 13.8. The van der Waals surface area contributed by atoms with Crippen LogP contribution >= 0.6 is 0 Å². The van der Waals surface area contributed by atoms with Crippen molar-refractivity contribution in [1.29, 1.82) is 0 Å². The third kappa shape index (κ3) is 7.07. The van der Waals surface area contributed by atoms with Crippen molar-refractivity contribution in [3.05, 3.63) is 52.6 Å². The average Bonchev–Trinajstić information content (AvgIpc) is 2.79. The molecule has 4 N–H and O–H groups in total. The number of amides is 2. The largest absolute Gasteiger partial charge is 0.507 e. The number of phenolic OH excluding ortho intramolecular Hbond substituents is 1. The Kier molecular flexibility index (Phi) is 9.36. The zero-order valence-electron chi connectivity index (χ0n) is 25.4. The van der Waals surface area contributed by atoms with Gasteiger partial charge in [-0.1, -0.05) is 99.6 Å². The molecule has 0 radical (unpaired) electrons. The first-order valence-electron chi connectivity index (χ1n) is 13.8. The maximum atomic E-state index is 13.0. The van der Waals surface area contributed by atoms with Gasteiger partial charge in [0.15, 0.2) is 0 Å². The average molecular weight is 527 g/mol. The molecule has 0 saturated heterocycles. The second-order valence-electron chi connectivity index (χ2n) is 13.8. The monoisotopic (exact) mass is 526 g/mol. The molecule has 0 saturated carbocycles. The third-order valence-electron chi connectivity index (χ3n) is 7.69.